The van der Waals surface area contributed by atoms with Gasteiger partial charge in [0, 0.05) is 36.5 Å². The first kappa shape index (κ1) is 22.5. The number of hydrogen-bond donors (Lipinski definition) is 3. The number of carboxylic acids is 1. The molecule has 1 saturated heterocycles. The van der Waals surface area contributed by atoms with Crippen molar-refractivity contribution in [3.63, 3.8) is 0 Å². The predicted molar refractivity (Wildman–Crippen MR) is 109 cm³/mol. The summed E-state index contributed by atoms with van der Waals surface area (Å²) in [4.78, 5) is 26.0. The van der Waals surface area contributed by atoms with Gasteiger partial charge >= 0.3 is 5.97 Å². The quantitative estimate of drug-likeness (QED) is 0.662. The number of pyridine rings is 1. The Kier molecular flexibility index (Phi) is 6.77. The Balaban J connectivity index is 0.000000941. The van der Waals surface area contributed by atoms with Gasteiger partial charge in [-0.1, -0.05) is 45.0 Å². The Morgan fingerprint density at radius 1 is 1.21 bits per heavy atom. The van der Waals surface area contributed by atoms with Gasteiger partial charge in [0.05, 0.1) is 5.56 Å². The molecule has 3 N–H and O–H groups in total. The van der Waals surface area contributed by atoms with Gasteiger partial charge in [-0.2, -0.15) is 0 Å². The number of aliphatic hydroxyl groups is 1. The molecule has 156 valence electrons. The van der Waals surface area contributed by atoms with Crippen LogP contribution in [-0.2, 0) is 10.4 Å². The maximum absolute atomic E-state index is 11.9. The molecule has 2 aromatic rings. The molecule has 1 fully saturated rings. The highest BCUT2D eigenvalue weighted by molar-refractivity contribution is 5.87. The summed E-state index contributed by atoms with van der Waals surface area (Å²) in [5, 5.41) is 28.1. The Labute approximate surface area is 170 Å². The van der Waals surface area contributed by atoms with Crippen molar-refractivity contribution in [2.45, 2.75) is 32.3 Å². The molecule has 0 saturated carbocycles. The van der Waals surface area contributed by atoms with Crippen LogP contribution in [-0.4, -0.2) is 57.8 Å². The van der Waals surface area contributed by atoms with E-state index < -0.39 is 17.0 Å². The lowest BCUT2D eigenvalue weighted by atomic mass is 9.62. The number of aromatic carboxylic acids is 1. The number of benzene rings is 1. The molecular formula is C22H28N2O5. The van der Waals surface area contributed by atoms with Crippen LogP contribution in [0.3, 0.4) is 0 Å². The summed E-state index contributed by atoms with van der Waals surface area (Å²) in [6, 6.07) is 9.50. The van der Waals surface area contributed by atoms with Crippen molar-refractivity contribution in [2.75, 3.05) is 20.1 Å². The SMILES string of the molecule is CC(C)c1ccc([C@](O)(c2cncc(C(=O)O)c2)C2(C)CN(C)C2)cc1.O=CO. The van der Waals surface area contributed by atoms with E-state index in [1.165, 1.54) is 17.8 Å². The Hall–Kier alpha value is -2.77. The second-order valence-corrected chi connectivity index (χ2v) is 8.09. The van der Waals surface area contributed by atoms with Crippen molar-refractivity contribution in [1.29, 1.82) is 0 Å². The van der Waals surface area contributed by atoms with Gasteiger partial charge in [0.2, 0.25) is 0 Å². The van der Waals surface area contributed by atoms with Crippen molar-refractivity contribution in [1.82, 2.24) is 9.88 Å². The zero-order chi connectivity index (χ0) is 21.8. The number of nitrogens with zero attached hydrogens (tertiary/aromatic N) is 2. The second kappa shape index (κ2) is 8.71. The highest BCUT2D eigenvalue weighted by Crippen LogP contribution is 2.50. The minimum absolute atomic E-state index is 0.0796. The van der Waals surface area contributed by atoms with Crippen molar-refractivity contribution >= 4 is 12.4 Å². The first-order valence-electron chi connectivity index (χ1n) is 9.37. The fourth-order valence-electron chi connectivity index (χ4n) is 4.10. The van der Waals surface area contributed by atoms with Gasteiger partial charge in [-0.05, 0) is 30.2 Å². The third-order valence-electron chi connectivity index (χ3n) is 5.51. The van der Waals surface area contributed by atoms with Crippen LogP contribution in [0.2, 0.25) is 0 Å². The van der Waals surface area contributed by atoms with Crippen LogP contribution in [0.15, 0.2) is 42.7 Å². The van der Waals surface area contributed by atoms with Crippen LogP contribution in [0.1, 0.15) is 53.7 Å². The van der Waals surface area contributed by atoms with Crippen LogP contribution < -0.4 is 0 Å². The van der Waals surface area contributed by atoms with Crippen LogP contribution in [0, 0.1) is 5.41 Å². The van der Waals surface area contributed by atoms with Crippen molar-refractivity contribution in [3.8, 4) is 0 Å². The maximum Gasteiger partial charge on any atom is 0.337 e. The molecule has 1 aromatic carbocycles. The van der Waals surface area contributed by atoms with E-state index in [-0.39, 0.29) is 12.0 Å². The largest absolute Gasteiger partial charge is 0.483 e. The monoisotopic (exact) mass is 400 g/mol. The molecule has 1 aromatic heterocycles. The lowest BCUT2D eigenvalue weighted by molar-refractivity contribution is -0.127. The molecule has 7 heteroatoms. The van der Waals surface area contributed by atoms with Gasteiger partial charge in [0.15, 0.2) is 0 Å². The number of hydrogen-bond acceptors (Lipinski definition) is 5. The Morgan fingerprint density at radius 3 is 2.21 bits per heavy atom. The normalized spacial score (nSPS) is 17.4. The first-order chi connectivity index (χ1) is 13.6. The summed E-state index contributed by atoms with van der Waals surface area (Å²) in [6.07, 6.45) is 2.88. The van der Waals surface area contributed by atoms with Crippen LogP contribution in [0.4, 0.5) is 0 Å². The van der Waals surface area contributed by atoms with E-state index in [4.69, 9.17) is 9.90 Å². The molecule has 1 aliphatic heterocycles. The van der Waals surface area contributed by atoms with Crippen LogP contribution >= 0.6 is 0 Å². The molecule has 0 aliphatic carbocycles. The zero-order valence-corrected chi connectivity index (χ0v) is 17.2. The highest BCUT2D eigenvalue weighted by atomic mass is 16.4. The predicted octanol–water partition coefficient (Wildman–Crippen LogP) is 2.79. The molecule has 1 atom stereocenters. The van der Waals surface area contributed by atoms with E-state index >= 15 is 0 Å². The molecule has 0 spiro atoms. The van der Waals surface area contributed by atoms with Crippen molar-refractivity contribution in [3.05, 3.63) is 65.0 Å². The van der Waals surface area contributed by atoms with Gasteiger partial charge in [0.25, 0.3) is 6.47 Å². The lowest BCUT2D eigenvalue weighted by Crippen LogP contribution is -2.63. The van der Waals surface area contributed by atoms with Gasteiger partial charge < -0.3 is 20.2 Å². The third-order valence-corrected chi connectivity index (χ3v) is 5.51. The summed E-state index contributed by atoms with van der Waals surface area (Å²) < 4.78 is 0. The molecule has 3 rings (SSSR count). The number of rotatable bonds is 5. The molecule has 0 unspecified atom stereocenters. The fourth-order valence-corrected chi connectivity index (χ4v) is 4.10. The standard InChI is InChI=1S/C21H26N2O3.CH2O2/c1-14(2)15-5-7-17(8-6-15)21(26,20(3)12-23(4)13-20)18-9-16(19(24)25)10-22-11-18;2-1-3/h5-11,14,26H,12-13H2,1-4H3,(H,24,25);1H,(H,2,3)/t21-;/m0./s1. The minimum atomic E-state index is -1.31. The molecule has 0 amide bonds. The highest BCUT2D eigenvalue weighted by Gasteiger charge is 2.55. The fraction of sp³-hybridized carbons (Fsp3) is 0.409. The number of carboxylic acid groups (broad SMARTS) is 2. The average molecular weight is 400 g/mol. The van der Waals surface area contributed by atoms with Crippen molar-refractivity contribution in [2.24, 2.45) is 5.41 Å². The van der Waals surface area contributed by atoms with Gasteiger partial charge in [-0.25, -0.2) is 4.79 Å². The molecule has 0 bridgehead atoms. The van der Waals surface area contributed by atoms with E-state index in [0.29, 0.717) is 24.6 Å². The molecule has 1 aliphatic rings. The van der Waals surface area contributed by atoms with Crippen LogP contribution in [0.25, 0.3) is 0 Å². The second-order valence-electron chi connectivity index (χ2n) is 8.09. The van der Waals surface area contributed by atoms with Gasteiger partial charge in [-0.3, -0.25) is 9.78 Å². The van der Waals surface area contributed by atoms with E-state index in [1.54, 1.807) is 6.20 Å². The Morgan fingerprint density at radius 2 is 1.76 bits per heavy atom. The smallest absolute Gasteiger partial charge is 0.337 e. The number of likely N-dealkylation sites (tertiary alicyclic amines) is 1. The molecule has 29 heavy (non-hydrogen) atoms. The summed E-state index contributed by atoms with van der Waals surface area (Å²) >= 11 is 0. The topological polar surface area (TPSA) is 111 Å². The molecule has 7 nitrogen and oxygen atoms in total. The third kappa shape index (κ3) is 4.31. The summed E-state index contributed by atoms with van der Waals surface area (Å²) in [6.45, 7) is 7.48. The first-order valence-corrected chi connectivity index (χ1v) is 9.37. The summed E-state index contributed by atoms with van der Waals surface area (Å²) in [5.41, 5.74) is 0.820. The molecule has 0 radical (unpaired) electrons. The van der Waals surface area contributed by atoms with E-state index in [9.17, 15) is 15.0 Å². The summed E-state index contributed by atoms with van der Waals surface area (Å²) in [7, 11) is 2.01. The Bertz CT molecular complexity index is 860. The molecular weight excluding hydrogens is 372 g/mol. The number of carbonyl (C=O) groups is 2. The van der Waals surface area contributed by atoms with Gasteiger partial charge in [-0.15, -0.1) is 0 Å². The zero-order valence-electron chi connectivity index (χ0n) is 17.2. The number of aromatic nitrogens is 1. The lowest BCUT2D eigenvalue weighted by Gasteiger charge is -2.55. The van der Waals surface area contributed by atoms with E-state index in [2.05, 4.69) is 23.7 Å². The van der Waals surface area contributed by atoms with Crippen molar-refractivity contribution < 1.29 is 24.9 Å². The van der Waals surface area contributed by atoms with E-state index in [1.807, 2.05) is 38.2 Å². The molecule has 2 heterocycles. The van der Waals surface area contributed by atoms with E-state index in [0.717, 1.165) is 5.56 Å². The average Bonchev–Trinajstić information content (AvgIpc) is 2.67. The van der Waals surface area contributed by atoms with Crippen LogP contribution in [0.5, 0.6) is 0 Å². The maximum atomic E-state index is 11.9. The summed E-state index contributed by atoms with van der Waals surface area (Å²) in [5.74, 6) is -0.646. The van der Waals surface area contributed by atoms with Gasteiger partial charge in [0.1, 0.15) is 5.60 Å². The minimum Gasteiger partial charge on any atom is -0.483 e.